The van der Waals surface area contributed by atoms with E-state index in [0.717, 1.165) is 0 Å². The molecule has 1 atom stereocenters. The average Bonchev–Trinajstić information content (AvgIpc) is 2.41. The number of nitrogens with zero attached hydrogens (tertiary/aromatic N) is 1. The number of carbonyl (C=O) groups is 1. The Kier molecular flexibility index (Phi) is 7.13. The van der Waals surface area contributed by atoms with Crippen molar-refractivity contribution in [1.29, 1.82) is 0 Å². The Morgan fingerprint density at radius 2 is 2.10 bits per heavy atom. The van der Waals surface area contributed by atoms with E-state index in [1.54, 1.807) is 18.2 Å². The third kappa shape index (κ3) is 5.57. The van der Waals surface area contributed by atoms with Gasteiger partial charge in [-0.05, 0) is 19.2 Å². The van der Waals surface area contributed by atoms with Gasteiger partial charge in [-0.2, -0.15) is 0 Å². The number of benzene rings is 1. The molecular weight excluding hydrogens is 301 g/mol. The summed E-state index contributed by atoms with van der Waals surface area (Å²) in [4.78, 5) is 13.3. The van der Waals surface area contributed by atoms with Gasteiger partial charge < -0.3 is 14.4 Å². The van der Waals surface area contributed by atoms with Gasteiger partial charge in [-0.1, -0.05) is 30.1 Å². The molecule has 6 heteroatoms. The quantitative estimate of drug-likeness (QED) is 0.724. The van der Waals surface area contributed by atoms with Crippen LogP contribution in [0.15, 0.2) is 18.2 Å². The molecule has 4 nitrogen and oxygen atoms in total. The molecule has 0 aliphatic rings. The highest BCUT2D eigenvalue weighted by Crippen LogP contribution is 2.27. The molecule has 0 N–H and O–H groups in total. The molecule has 112 valence electrons. The van der Waals surface area contributed by atoms with Crippen LogP contribution < -0.4 is 4.74 Å². The van der Waals surface area contributed by atoms with E-state index >= 15 is 0 Å². The highest BCUT2D eigenvalue weighted by Gasteiger charge is 2.15. The second-order valence-electron chi connectivity index (χ2n) is 4.61. The summed E-state index contributed by atoms with van der Waals surface area (Å²) in [5, 5.41) is 1.11. The van der Waals surface area contributed by atoms with Gasteiger partial charge in [0.25, 0.3) is 0 Å². The van der Waals surface area contributed by atoms with Crippen molar-refractivity contribution in [3.05, 3.63) is 28.2 Å². The van der Waals surface area contributed by atoms with E-state index in [-0.39, 0.29) is 11.9 Å². The molecule has 0 saturated carbocycles. The summed E-state index contributed by atoms with van der Waals surface area (Å²) in [6.45, 7) is 3.57. The van der Waals surface area contributed by atoms with Crippen LogP contribution in [0, 0.1) is 5.92 Å². The molecule has 0 aromatic heterocycles. The smallest absolute Gasteiger partial charge is 0.309 e. The van der Waals surface area contributed by atoms with Crippen molar-refractivity contribution in [3.8, 4) is 5.75 Å². The van der Waals surface area contributed by atoms with Crippen LogP contribution in [0.3, 0.4) is 0 Å². The standard InChI is InChI=1S/C14H19Cl2NO3/c1-10(14(18)19-3)9-17(2)6-7-20-13-8-11(15)4-5-12(13)16/h4-5,8,10H,6-7,9H2,1-3H3. The van der Waals surface area contributed by atoms with Crippen molar-refractivity contribution in [1.82, 2.24) is 4.90 Å². The first-order chi connectivity index (χ1) is 9.43. The second kappa shape index (κ2) is 8.35. The van der Waals surface area contributed by atoms with Gasteiger partial charge in [0.2, 0.25) is 0 Å². The van der Waals surface area contributed by atoms with Crippen LogP contribution in [-0.2, 0) is 9.53 Å². The third-order valence-electron chi connectivity index (χ3n) is 2.81. The second-order valence-corrected chi connectivity index (χ2v) is 5.45. The van der Waals surface area contributed by atoms with Crippen molar-refractivity contribution < 1.29 is 14.3 Å². The molecule has 0 spiro atoms. The molecule has 1 aromatic carbocycles. The minimum absolute atomic E-state index is 0.167. The summed E-state index contributed by atoms with van der Waals surface area (Å²) in [5.74, 6) is 0.184. The first kappa shape index (κ1) is 17.1. The lowest BCUT2D eigenvalue weighted by molar-refractivity contribution is -0.145. The maximum absolute atomic E-state index is 11.3. The van der Waals surface area contributed by atoms with Crippen LogP contribution in [0.5, 0.6) is 5.75 Å². The summed E-state index contributed by atoms with van der Waals surface area (Å²) in [5.41, 5.74) is 0. The number of esters is 1. The minimum Gasteiger partial charge on any atom is -0.491 e. The largest absolute Gasteiger partial charge is 0.491 e. The van der Waals surface area contributed by atoms with E-state index in [2.05, 4.69) is 4.74 Å². The summed E-state index contributed by atoms with van der Waals surface area (Å²) in [7, 11) is 3.31. The van der Waals surface area contributed by atoms with E-state index < -0.39 is 0 Å². The van der Waals surface area contributed by atoms with E-state index in [0.29, 0.717) is 35.5 Å². The monoisotopic (exact) mass is 319 g/mol. The average molecular weight is 320 g/mol. The van der Waals surface area contributed by atoms with Gasteiger partial charge in [-0.15, -0.1) is 0 Å². The number of methoxy groups -OCH3 is 1. The first-order valence-corrected chi connectivity index (χ1v) is 7.04. The van der Waals surface area contributed by atoms with Crippen LogP contribution in [0.25, 0.3) is 0 Å². The van der Waals surface area contributed by atoms with Gasteiger partial charge in [0.1, 0.15) is 12.4 Å². The predicted molar refractivity (Wildman–Crippen MR) is 80.6 cm³/mol. The van der Waals surface area contributed by atoms with Crippen molar-refractivity contribution in [2.45, 2.75) is 6.92 Å². The molecule has 0 fully saturated rings. The van der Waals surface area contributed by atoms with Crippen molar-refractivity contribution in [2.24, 2.45) is 5.92 Å². The lowest BCUT2D eigenvalue weighted by atomic mass is 10.2. The Morgan fingerprint density at radius 1 is 1.40 bits per heavy atom. The van der Waals surface area contributed by atoms with E-state index in [4.69, 9.17) is 27.9 Å². The molecule has 20 heavy (non-hydrogen) atoms. The molecule has 0 bridgehead atoms. The van der Waals surface area contributed by atoms with Gasteiger partial charge in [-0.25, -0.2) is 0 Å². The topological polar surface area (TPSA) is 38.8 Å². The zero-order valence-corrected chi connectivity index (χ0v) is 13.4. The van der Waals surface area contributed by atoms with Crippen LogP contribution in [-0.4, -0.2) is 44.7 Å². The SMILES string of the molecule is COC(=O)C(C)CN(C)CCOc1cc(Cl)ccc1Cl. The number of likely N-dealkylation sites (N-methyl/N-ethyl adjacent to an activating group) is 1. The zero-order chi connectivity index (χ0) is 15.1. The number of rotatable bonds is 7. The lowest BCUT2D eigenvalue weighted by Crippen LogP contribution is -2.32. The van der Waals surface area contributed by atoms with Crippen LogP contribution >= 0.6 is 23.2 Å². The fourth-order valence-electron chi connectivity index (χ4n) is 1.73. The van der Waals surface area contributed by atoms with Gasteiger partial charge >= 0.3 is 5.97 Å². The van der Waals surface area contributed by atoms with Crippen molar-refractivity contribution in [2.75, 3.05) is 33.9 Å². The third-order valence-corrected chi connectivity index (χ3v) is 3.36. The zero-order valence-electron chi connectivity index (χ0n) is 11.9. The lowest BCUT2D eigenvalue weighted by Gasteiger charge is -2.20. The Labute approximate surface area is 129 Å². The number of carbonyl (C=O) groups excluding carboxylic acids is 1. The van der Waals surface area contributed by atoms with Gasteiger partial charge in [0, 0.05) is 24.2 Å². The fraction of sp³-hybridized carbons (Fsp3) is 0.500. The van der Waals surface area contributed by atoms with Crippen LogP contribution in [0.4, 0.5) is 0 Å². The normalized spacial score (nSPS) is 12.3. The van der Waals surface area contributed by atoms with Gasteiger partial charge in [-0.3, -0.25) is 4.79 Å². The molecule has 0 aliphatic heterocycles. The maximum Gasteiger partial charge on any atom is 0.309 e. The molecule has 0 aliphatic carbocycles. The molecule has 1 rings (SSSR count). The molecule has 0 radical (unpaired) electrons. The summed E-state index contributed by atoms with van der Waals surface area (Å²) < 4.78 is 10.3. The van der Waals surface area contributed by atoms with Gasteiger partial charge in [0.05, 0.1) is 18.1 Å². The maximum atomic E-state index is 11.3. The fourth-order valence-corrected chi connectivity index (χ4v) is 2.07. The predicted octanol–water partition coefficient (Wildman–Crippen LogP) is 3.11. The van der Waals surface area contributed by atoms with Crippen molar-refractivity contribution in [3.63, 3.8) is 0 Å². The molecule has 1 unspecified atom stereocenters. The van der Waals surface area contributed by atoms with Crippen LogP contribution in [0.2, 0.25) is 10.0 Å². The molecule has 0 saturated heterocycles. The first-order valence-electron chi connectivity index (χ1n) is 6.28. The van der Waals surface area contributed by atoms with Gasteiger partial charge in [0.15, 0.2) is 0 Å². The molecule has 0 amide bonds. The Balaban J connectivity index is 2.36. The van der Waals surface area contributed by atoms with Crippen LogP contribution in [0.1, 0.15) is 6.92 Å². The summed E-state index contributed by atoms with van der Waals surface area (Å²) in [6, 6.07) is 5.09. The van der Waals surface area contributed by atoms with E-state index in [9.17, 15) is 4.79 Å². The summed E-state index contributed by atoms with van der Waals surface area (Å²) >= 11 is 11.9. The number of hydrogen-bond acceptors (Lipinski definition) is 4. The van der Waals surface area contributed by atoms with E-state index in [1.165, 1.54) is 7.11 Å². The van der Waals surface area contributed by atoms with E-state index in [1.807, 2.05) is 18.9 Å². The van der Waals surface area contributed by atoms with Crippen molar-refractivity contribution >= 4 is 29.2 Å². The Bertz CT molecular complexity index is 454. The Hall–Kier alpha value is -0.970. The molecular formula is C14H19Cl2NO3. The Morgan fingerprint density at radius 3 is 2.75 bits per heavy atom. The summed E-state index contributed by atoms with van der Waals surface area (Å²) in [6.07, 6.45) is 0. The number of ether oxygens (including phenoxy) is 2. The molecule has 1 aromatic rings. The molecule has 0 heterocycles. The number of halogens is 2. The highest BCUT2D eigenvalue weighted by atomic mass is 35.5. The number of hydrogen-bond donors (Lipinski definition) is 0. The minimum atomic E-state index is -0.212. The highest BCUT2D eigenvalue weighted by molar-refractivity contribution is 6.34.